The van der Waals surface area contributed by atoms with E-state index in [0.29, 0.717) is 5.56 Å². The maximum absolute atomic E-state index is 12.0. The molecule has 0 bridgehead atoms. The molecule has 3 rings (SSSR count). The fourth-order valence-corrected chi connectivity index (χ4v) is 2.90. The summed E-state index contributed by atoms with van der Waals surface area (Å²) in [6.45, 7) is 0.175. The number of carbonyl (C=O) groups is 3. The Morgan fingerprint density at radius 2 is 1.27 bits per heavy atom. The molecule has 170 valence electrons. The summed E-state index contributed by atoms with van der Waals surface area (Å²) in [6, 6.07) is 23.9. The van der Waals surface area contributed by atoms with Gasteiger partial charge in [-0.25, -0.2) is 9.59 Å². The van der Waals surface area contributed by atoms with Crippen LogP contribution in [-0.2, 0) is 33.9 Å². The molecule has 0 radical (unpaired) electrons. The van der Waals surface area contributed by atoms with Gasteiger partial charge in [-0.1, -0.05) is 72.8 Å². The molecule has 0 fully saturated rings. The first-order valence-corrected chi connectivity index (χ1v) is 10.2. The van der Waals surface area contributed by atoms with Crippen LogP contribution in [0.3, 0.4) is 0 Å². The molecule has 33 heavy (non-hydrogen) atoms. The van der Waals surface area contributed by atoms with Crippen molar-refractivity contribution in [3.8, 4) is 5.75 Å². The second kappa shape index (κ2) is 11.9. The molecule has 8 heteroatoms. The molecule has 8 nitrogen and oxygen atoms in total. The first kappa shape index (κ1) is 23.3. The van der Waals surface area contributed by atoms with Gasteiger partial charge in [0, 0.05) is 6.42 Å². The topological polar surface area (TPSA) is 117 Å². The van der Waals surface area contributed by atoms with E-state index in [1.165, 1.54) is 0 Å². The maximum Gasteiger partial charge on any atom is 0.514 e. The van der Waals surface area contributed by atoms with E-state index in [4.69, 9.17) is 19.9 Å². The second-order valence-corrected chi connectivity index (χ2v) is 7.14. The second-order valence-electron chi connectivity index (χ2n) is 7.14. The third-order valence-corrected chi connectivity index (χ3v) is 4.61. The van der Waals surface area contributed by atoms with E-state index in [0.717, 1.165) is 11.1 Å². The number of nitrogens with one attached hydrogen (secondary N) is 1. The molecule has 1 atom stereocenters. The lowest BCUT2D eigenvalue weighted by atomic mass is 10.1. The summed E-state index contributed by atoms with van der Waals surface area (Å²) >= 11 is 0. The fraction of sp³-hybridized carbons (Fsp3) is 0.160. The van der Waals surface area contributed by atoms with Crippen molar-refractivity contribution in [3.05, 3.63) is 102 Å². The number of amides is 2. The van der Waals surface area contributed by atoms with Crippen LogP contribution >= 0.6 is 0 Å². The Kier molecular flexibility index (Phi) is 8.41. The summed E-state index contributed by atoms with van der Waals surface area (Å²) in [7, 11) is 0. The van der Waals surface area contributed by atoms with Gasteiger partial charge in [0.2, 0.25) is 5.91 Å². The zero-order chi connectivity index (χ0) is 23.5. The zero-order valence-corrected chi connectivity index (χ0v) is 17.8. The molecule has 3 aromatic rings. The Hall–Kier alpha value is -4.33. The average Bonchev–Trinajstić information content (AvgIpc) is 2.83. The van der Waals surface area contributed by atoms with Crippen molar-refractivity contribution in [3.63, 3.8) is 0 Å². The molecule has 0 aliphatic heterocycles. The third kappa shape index (κ3) is 8.02. The molecule has 3 aromatic carbocycles. The summed E-state index contributed by atoms with van der Waals surface area (Å²) < 4.78 is 15.3. The Bertz CT molecular complexity index is 1060. The van der Waals surface area contributed by atoms with Crippen molar-refractivity contribution < 1.29 is 28.6 Å². The van der Waals surface area contributed by atoms with E-state index >= 15 is 0 Å². The monoisotopic (exact) mass is 448 g/mol. The van der Waals surface area contributed by atoms with Crippen LogP contribution in [0.15, 0.2) is 84.9 Å². The van der Waals surface area contributed by atoms with Gasteiger partial charge in [-0.15, -0.1) is 0 Å². The number of benzene rings is 3. The minimum absolute atomic E-state index is 0.0740. The fourth-order valence-electron chi connectivity index (χ4n) is 2.90. The number of alkyl carbamates (subject to hydrolysis) is 1. The Morgan fingerprint density at radius 3 is 1.82 bits per heavy atom. The van der Waals surface area contributed by atoms with Gasteiger partial charge in [0.15, 0.2) is 0 Å². The molecular weight excluding hydrogens is 424 g/mol. The first-order chi connectivity index (χ1) is 16.0. The molecule has 0 heterocycles. The molecule has 0 aromatic heterocycles. The summed E-state index contributed by atoms with van der Waals surface area (Å²) in [5, 5.41) is 2.47. The van der Waals surface area contributed by atoms with Gasteiger partial charge in [-0.2, -0.15) is 0 Å². The largest absolute Gasteiger partial charge is 0.514 e. The molecule has 0 saturated carbocycles. The van der Waals surface area contributed by atoms with Crippen LogP contribution in [0.25, 0.3) is 0 Å². The average molecular weight is 448 g/mol. The highest BCUT2D eigenvalue weighted by molar-refractivity contribution is 5.84. The van der Waals surface area contributed by atoms with E-state index in [-0.39, 0.29) is 25.4 Å². The predicted octanol–water partition coefficient (Wildman–Crippen LogP) is 3.73. The smallest absolute Gasteiger partial charge is 0.445 e. The van der Waals surface area contributed by atoms with Crippen LogP contribution in [0.5, 0.6) is 5.75 Å². The van der Waals surface area contributed by atoms with Crippen LogP contribution in [0.2, 0.25) is 0 Å². The van der Waals surface area contributed by atoms with E-state index in [1.807, 2.05) is 60.7 Å². The quantitative estimate of drug-likeness (QED) is 0.381. The highest BCUT2D eigenvalue weighted by atomic mass is 16.7. The number of ether oxygens (including phenoxy) is 3. The molecule has 0 saturated heterocycles. The first-order valence-electron chi connectivity index (χ1n) is 10.2. The van der Waals surface area contributed by atoms with Gasteiger partial charge < -0.3 is 25.3 Å². The number of carbonyl (C=O) groups excluding carboxylic acids is 3. The lowest BCUT2D eigenvalue weighted by Crippen LogP contribution is -2.46. The molecule has 0 aliphatic rings. The minimum atomic E-state index is -0.962. The number of nitrogens with two attached hydrogens (primary N) is 1. The van der Waals surface area contributed by atoms with Crippen molar-refractivity contribution in [2.75, 3.05) is 0 Å². The Morgan fingerprint density at radius 1 is 0.727 bits per heavy atom. The molecular formula is C25H24N2O6. The molecule has 3 N–H and O–H groups in total. The highest BCUT2D eigenvalue weighted by Crippen LogP contribution is 2.15. The predicted molar refractivity (Wildman–Crippen MR) is 120 cm³/mol. The van der Waals surface area contributed by atoms with Crippen LogP contribution < -0.4 is 15.8 Å². The maximum atomic E-state index is 12.0. The van der Waals surface area contributed by atoms with Gasteiger partial charge in [-0.05, 0) is 28.8 Å². The normalized spacial score (nSPS) is 11.2. The Balaban J connectivity index is 1.47. The van der Waals surface area contributed by atoms with Gasteiger partial charge >= 0.3 is 12.2 Å². The summed E-state index contributed by atoms with van der Waals surface area (Å²) in [4.78, 5) is 35.7. The third-order valence-electron chi connectivity index (χ3n) is 4.61. The van der Waals surface area contributed by atoms with E-state index in [9.17, 15) is 14.4 Å². The van der Waals surface area contributed by atoms with Gasteiger partial charge in [0.1, 0.15) is 25.0 Å². The van der Waals surface area contributed by atoms with Crippen LogP contribution in [-0.4, -0.2) is 24.2 Å². The van der Waals surface area contributed by atoms with Gasteiger partial charge in [0.25, 0.3) is 0 Å². The lowest BCUT2D eigenvalue weighted by molar-refractivity contribution is -0.119. The lowest BCUT2D eigenvalue weighted by Gasteiger charge is -2.16. The summed E-state index contributed by atoms with van der Waals surface area (Å²) in [5.41, 5.74) is 7.79. The zero-order valence-electron chi connectivity index (χ0n) is 17.8. The van der Waals surface area contributed by atoms with Crippen molar-refractivity contribution in [2.45, 2.75) is 25.7 Å². The van der Waals surface area contributed by atoms with Crippen molar-refractivity contribution in [2.24, 2.45) is 5.73 Å². The number of rotatable bonds is 9. The molecule has 0 aliphatic carbocycles. The van der Waals surface area contributed by atoms with E-state index in [2.05, 4.69) is 5.32 Å². The summed E-state index contributed by atoms with van der Waals surface area (Å²) in [5.74, 6) is -0.417. The van der Waals surface area contributed by atoms with E-state index < -0.39 is 24.2 Å². The van der Waals surface area contributed by atoms with Crippen molar-refractivity contribution >= 4 is 18.2 Å². The number of hydrogen-bond acceptors (Lipinski definition) is 6. The number of hydrogen-bond donors (Lipinski definition) is 2. The number of primary amides is 1. The Labute approximate surface area is 191 Å². The SMILES string of the molecule is NC(=O)[C@@H](Cc1ccc(OC(=O)OCc2ccccc2)cc1)NC(=O)OCc1ccccc1. The molecule has 2 amide bonds. The van der Waals surface area contributed by atoms with Crippen LogP contribution in [0.1, 0.15) is 16.7 Å². The van der Waals surface area contributed by atoms with Gasteiger partial charge in [0.05, 0.1) is 0 Å². The highest BCUT2D eigenvalue weighted by Gasteiger charge is 2.19. The van der Waals surface area contributed by atoms with Crippen molar-refractivity contribution in [1.29, 1.82) is 0 Å². The standard InChI is InChI=1S/C25H24N2O6/c26-23(28)22(27-24(29)31-16-19-7-3-1-4-8-19)15-18-11-13-21(14-12-18)33-25(30)32-17-20-9-5-2-6-10-20/h1-14,22H,15-17H2,(H2,26,28)(H,27,29)/t22-/m1/s1. The van der Waals surface area contributed by atoms with Gasteiger partial charge in [-0.3, -0.25) is 4.79 Å². The minimum Gasteiger partial charge on any atom is -0.445 e. The van der Waals surface area contributed by atoms with E-state index in [1.54, 1.807) is 24.3 Å². The van der Waals surface area contributed by atoms with Crippen molar-refractivity contribution in [1.82, 2.24) is 5.32 Å². The van der Waals surface area contributed by atoms with Crippen LogP contribution in [0.4, 0.5) is 9.59 Å². The van der Waals surface area contributed by atoms with Crippen LogP contribution in [0, 0.1) is 0 Å². The summed E-state index contributed by atoms with van der Waals surface area (Å²) in [6.07, 6.45) is -1.43. The molecule has 0 spiro atoms. The molecule has 0 unspecified atom stereocenters.